The van der Waals surface area contributed by atoms with Crippen LogP contribution in [0.25, 0.3) is 0 Å². The van der Waals surface area contributed by atoms with Crippen LogP contribution in [0.5, 0.6) is 0 Å². The Labute approximate surface area is 113 Å². The zero-order valence-electron chi connectivity index (χ0n) is 9.98. The highest BCUT2D eigenvalue weighted by atomic mass is 32.2. The van der Waals surface area contributed by atoms with Crippen LogP contribution in [0, 0.1) is 0 Å². The lowest BCUT2D eigenvalue weighted by Crippen LogP contribution is -2.28. The van der Waals surface area contributed by atoms with Crippen LogP contribution in [0.3, 0.4) is 0 Å². The molecule has 0 radical (unpaired) electrons. The summed E-state index contributed by atoms with van der Waals surface area (Å²) in [6.45, 7) is 0. The number of carbonyl (C=O) groups is 2. The lowest BCUT2D eigenvalue weighted by molar-refractivity contribution is -0.144. The lowest BCUT2D eigenvalue weighted by atomic mass is 10.2. The summed E-state index contributed by atoms with van der Waals surface area (Å²) in [5.74, 6) is -2.94. The molecule has 1 aromatic rings. The van der Waals surface area contributed by atoms with Crippen molar-refractivity contribution < 1.29 is 28.2 Å². The number of sulfonamides is 1. The predicted octanol–water partition coefficient (Wildman–Crippen LogP) is -0.347. The SMILES string of the molecule is O=C(O)C[C@H](N=C1NS(=O)(=O)c2ccccc21)C(=O)O. The molecule has 1 aromatic carbocycles. The highest BCUT2D eigenvalue weighted by Gasteiger charge is 2.32. The average Bonchev–Trinajstić information content (AvgIpc) is 2.60. The second-order valence-electron chi connectivity index (χ2n) is 4.03. The first kappa shape index (κ1) is 14.0. The monoisotopic (exact) mass is 298 g/mol. The van der Waals surface area contributed by atoms with Crippen LogP contribution in [0.1, 0.15) is 12.0 Å². The Morgan fingerprint density at radius 3 is 2.50 bits per heavy atom. The van der Waals surface area contributed by atoms with Crippen molar-refractivity contribution in [1.82, 2.24) is 4.72 Å². The summed E-state index contributed by atoms with van der Waals surface area (Å²) >= 11 is 0. The number of carboxylic acid groups (broad SMARTS) is 2. The van der Waals surface area contributed by atoms with Crippen LogP contribution in [0.2, 0.25) is 0 Å². The molecule has 0 saturated heterocycles. The third-order valence-electron chi connectivity index (χ3n) is 2.60. The number of aliphatic imine (C=N–C) groups is 1. The molecule has 0 aromatic heterocycles. The quantitative estimate of drug-likeness (QED) is 0.696. The molecule has 1 atom stereocenters. The van der Waals surface area contributed by atoms with E-state index in [1.165, 1.54) is 18.2 Å². The zero-order chi connectivity index (χ0) is 14.9. The van der Waals surface area contributed by atoms with Gasteiger partial charge in [-0.2, -0.15) is 0 Å². The van der Waals surface area contributed by atoms with Crippen molar-refractivity contribution in [2.75, 3.05) is 0 Å². The van der Waals surface area contributed by atoms with Crippen LogP contribution in [0.4, 0.5) is 0 Å². The molecule has 106 valence electrons. The summed E-state index contributed by atoms with van der Waals surface area (Å²) in [5, 5.41) is 17.5. The van der Waals surface area contributed by atoms with E-state index < -0.39 is 34.4 Å². The second-order valence-corrected chi connectivity index (χ2v) is 5.68. The van der Waals surface area contributed by atoms with E-state index in [0.717, 1.165) is 0 Å². The number of carboxylic acids is 2. The molecule has 1 heterocycles. The maximum atomic E-state index is 11.8. The van der Waals surface area contributed by atoms with E-state index in [0.29, 0.717) is 0 Å². The minimum absolute atomic E-state index is 0.0155. The molecule has 1 aliphatic heterocycles. The molecule has 0 aliphatic carbocycles. The molecule has 0 unspecified atom stereocenters. The third-order valence-corrected chi connectivity index (χ3v) is 4.00. The summed E-state index contributed by atoms with van der Waals surface area (Å²) in [6.07, 6.45) is -0.733. The molecule has 0 amide bonds. The predicted molar refractivity (Wildman–Crippen MR) is 67.0 cm³/mol. The van der Waals surface area contributed by atoms with E-state index in [2.05, 4.69) is 9.71 Å². The van der Waals surface area contributed by atoms with Gasteiger partial charge in [0, 0.05) is 5.56 Å². The van der Waals surface area contributed by atoms with Crippen LogP contribution in [0.15, 0.2) is 34.2 Å². The van der Waals surface area contributed by atoms with Gasteiger partial charge in [-0.15, -0.1) is 0 Å². The number of nitrogens with zero attached hydrogens (tertiary/aromatic N) is 1. The summed E-state index contributed by atoms with van der Waals surface area (Å²) in [4.78, 5) is 25.2. The highest BCUT2D eigenvalue weighted by molar-refractivity contribution is 7.90. The molecule has 0 spiro atoms. The van der Waals surface area contributed by atoms with Crippen LogP contribution in [-0.4, -0.2) is 42.4 Å². The van der Waals surface area contributed by atoms with Gasteiger partial charge in [0.15, 0.2) is 6.04 Å². The molecule has 3 N–H and O–H groups in total. The van der Waals surface area contributed by atoms with Crippen molar-refractivity contribution in [3.8, 4) is 0 Å². The minimum Gasteiger partial charge on any atom is -0.481 e. The van der Waals surface area contributed by atoms with E-state index in [1.54, 1.807) is 6.07 Å². The zero-order valence-corrected chi connectivity index (χ0v) is 10.8. The lowest BCUT2D eigenvalue weighted by Gasteiger charge is -2.06. The summed E-state index contributed by atoms with van der Waals surface area (Å²) in [5.41, 5.74) is 0.226. The first-order valence-corrected chi connectivity index (χ1v) is 6.94. The number of fused-ring (bicyclic) bond motifs is 1. The average molecular weight is 298 g/mol. The molecular formula is C11H10N2O6S. The van der Waals surface area contributed by atoms with Crippen molar-refractivity contribution in [3.05, 3.63) is 29.8 Å². The van der Waals surface area contributed by atoms with Crippen molar-refractivity contribution >= 4 is 27.8 Å². The highest BCUT2D eigenvalue weighted by Crippen LogP contribution is 2.22. The van der Waals surface area contributed by atoms with Gasteiger partial charge in [-0.1, -0.05) is 12.1 Å². The van der Waals surface area contributed by atoms with Gasteiger partial charge in [0.1, 0.15) is 5.84 Å². The largest absolute Gasteiger partial charge is 0.481 e. The van der Waals surface area contributed by atoms with Gasteiger partial charge in [-0.3, -0.25) is 14.5 Å². The minimum atomic E-state index is -3.78. The molecular weight excluding hydrogens is 288 g/mol. The summed E-state index contributed by atoms with van der Waals surface area (Å²) in [7, 11) is -3.78. The maximum absolute atomic E-state index is 11.8. The standard InChI is InChI=1S/C11H10N2O6S/c14-9(15)5-7(11(16)17)12-10-6-3-1-2-4-8(6)20(18,19)13-10/h1-4,7H,5H2,(H,12,13)(H,14,15)(H,16,17)/t7-/m0/s1. The molecule has 0 saturated carbocycles. The smallest absolute Gasteiger partial charge is 0.329 e. The second kappa shape index (κ2) is 4.93. The maximum Gasteiger partial charge on any atom is 0.329 e. The molecule has 8 nitrogen and oxygen atoms in total. The van der Waals surface area contributed by atoms with E-state index in [4.69, 9.17) is 10.2 Å². The van der Waals surface area contributed by atoms with Crippen LogP contribution >= 0.6 is 0 Å². The van der Waals surface area contributed by atoms with Crippen LogP contribution < -0.4 is 4.72 Å². The Hall–Kier alpha value is -2.42. The van der Waals surface area contributed by atoms with Crippen LogP contribution in [-0.2, 0) is 19.6 Å². The third kappa shape index (κ3) is 2.62. The Morgan fingerprint density at radius 1 is 1.25 bits per heavy atom. The molecule has 2 rings (SSSR count). The normalized spacial score (nSPS) is 19.1. The Bertz CT molecular complexity index is 709. The fourth-order valence-electron chi connectivity index (χ4n) is 1.74. The number of hydrogen-bond donors (Lipinski definition) is 3. The summed E-state index contributed by atoms with van der Waals surface area (Å²) in [6, 6.07) is 4.35. The van der Waals surface area contributed by atoms with Crippen molar-refractivity contribution in [1.29, 1.82) is 0 Å². The molecule has 0 bridgehead atoms. The number of benzene rings is 1. The molecule has 20 heavy (non-hydrogen) atoms. The van der Waals surface area contributed by atoms with E-state index in [9.17, 15) is 18.0 Å². The van der Waals surface area contributed by atoms with Gasteiger partial charge in [0.2, 0.25) is 0 Å². The Morgan fingerprint density at radius 2 is 1.90 bits per heavy atom. The van der Waals surface area contributed by atoms with E-state index in [1.807, 2.05) is 0 Å². The number of amidine groups is 1. The van der Waals surface area contributed by atoms with Gasteiger partial charge in [0.25, 0.3) is 10.0 Å². The Kier molecular flexibility index (Phi) is 3.45. The molecule has 0 fully saturated rings. The van der Waals surface area contributed by atoms with E-state index in [-0.39, 0.29) is 16.3 Å². The van der Waals surface area contributed by atoms with E-state index >= 15 is 0 Å². The Balaban J connectivity index is 2.46. The summed E-state index contributed by atoms with van der Waals surface area (Å²) < 4.78 is 25.7. The first-order valence-electron chi connectivity index (χ1n) is 5.46. The first-order chi connectivity index (χ1) is 9.31. The van der Waals surface area contributed by atoms with Gasteiger partial charge in [-0.05, 0) is 12.1 Å². The molecule has 1 aliphatic rings. The van der Waals surface area contributed by atoms with Crippen molar-refractivity contribution in [3.63, 3.8) is 0 Å². The topological polar surface area (TPSA) is 133 Å². The fraction of sp³-hybridized carbons (Fsp3) is 0.182. The molecule has 9 heteroatoms. The number of rotatable bonds is 4. The van der Waals surface area contributed by atoms with Crippen molar-refractivity contribution in [2.24, 2.45) is 4.99 Å². The number of nitrogens with one attached hydrogen (secondary N) is 1. The van der Waals surface area contributed by atoms with Gasteiger partial charge in [-0.25, -0.2) is 13.2 Å². The van der Waals surface area contributed by atoms with Gasteiger partial charge in [0.05, 0.1) is 11.3 Å². The number of aliphatic carboxylic acids is 2. The van der Waals surface area contributed by atoms with Crippen molar-refractivity contribution in [2.45, 2.75) is 17.4 Å². The van der Waals surface area contributed by atoms with Gasteiger partial charge >= 0.3 is 11.9 Å². The van der Waals surface area contributed by atoms with Gasteiger partial charge < -0.3 is 10.2 Å². The fourth-order valence-corrected chi connectivity index (χ4v) is 2.98. The number of hydrogen-bond acceptors (Lipinski definition) is 5.